The summed E-state index contributed by atoms with van der Waals surface area (Å²) in [7, 11) is 1.65. The van der Waals surface area contributed by atoms with Crippen molar-refractivity contribution in [2.45, 2.75) is 26.1 Å². The van der Waals surface area contributed by atoms with E-state index in [1.807, 2.05) is 6.92 Å². The molecule has 1 aromatic carbocycles. The van der Waals surface area contributed by atoms with Gasteiger partial charge in [0.15, 0.2) is 12.4 Å². The monoisotopic (exact) mass is 263 g/mol. The lowest BCUT2D eigenvalue weighted by molar-refractivity contribution is 0.116. The van der Waals surface area contributed by atoms with Crippen molar-refractivity contribution in [3.05, 3.63) is 36.0 Å². The first kappa shape index (κ1) is 13.4. The van der Waals surface area contributed by atoms with E-state index in [4.69, 9.17) is 19.7 Å². The molecule has 0 bridgehead atoms. The Hall–Kier alpha value is -2.08. The van der Waals surface area contributed by atoms with Gasteiger partial charge in [-0.2, -0.15) is 4.98 Å². The minimum absolute atomic E-state index is 0.0588. The molecule has 0 aliphatic heterocycles. The quantitative estimate of drug-likeness (QED) is 0.800. The van der Waals surface area contributed by atoms with Gasteiger partial charge in [-0.3, -0.25) is 0 Å². The number of nitrogen functional groups attached to an aromatic ring is 1. The van der Waals surface area contributed by atoms with Crippen molar-refractivity contribution >= 4 is 5.69 Å². The highest BCUT2D eigenvalue weighted by molar-refractivity contribution is 5.41. The van der Waals surface area contributed by atoms with Crippen molar-refractivity contribution in [1.29, 1.82) is 0 Å². The third-order valence-electron chi connectivity index (χ3n) is 2.62. The van der Waals surface area contributed by atoms with Crippen LogP contribution in [0.3, 0.4) is 0 Å². The second-order valence-electron chi connectivity index (χ2n) is 4.21. The summed E-state index contributed by atoms with van der Waals surface area (Å²) in [6.07, 6.45) is 0.672. The maximum Gasteiger partial charge on any atom is 0.264 e. The van der Waals surface area contributed by atoms with E-state index in [1.165, 1.54) is 0 Å². The first-order valence-corrected chi connectivity index (χ1v) is 6.00. The molecule has 6 nitrogen and oxygen atoms in total. The lowest BCUT2D eigenvalue weighted by Gasteiger charge is -2.04. The molecule has 0 saturated carbocycles. The molecule has 2 rings (SSSR count). The SMILES string of the molecule is COC(C)Cc1noc(COc2ccc(N)cc2)n1. The average Bonchev–Trinajstić information content (AvgIpc) is 2.85. The van der Waals surface area contributed by atoms with Crippen LogP contribution in [0, 0.1) is 0 Å². The largest absolute Gasteiger partial charge is 0.484 e. The highest BCUT2D eigenvalue weighted by Crippen LogP contribution is 2.14. The molecule has 1 aromatic heterocycles. The number of nitrogens with two attached hydrogens (primary N) is 1. The molecule has 2 N–H and O–H groups in total. The zero-order chi connectivity index (χ0) is 13.7. The van der Waals surface area contributed by atoms with Crippen LogP contribution in [0.5, 0.6) is 5.75 Å². The lowest BCUT2D eigenvalue weighted by atomic mass is 10.3. The zero-order valence-electron chi connectivity index (χ0n) is 11.0. The Morgan fingerprint density at radius 2 is 2.05 bits per heavy atom. The average molecular weight is 263 g/mol. The summed E-state index contributed by atoms with van der Waals surface area (Å²) in [5.74, 6) is 1.76. The van der Waals surface area contributed by atoms with Crippen molar-refractivity contribution in [3.8, 4) is 5.75 Å². The molecule has 0 spiro atoms. The molecule has 1 atom stereocenters. The summed E-state index contributed by atoms with van der Waals surface area (Å²) in [6.45, 7) is 2.18. The Kier molecular flexibility index (Phi) is 4.35. The zero-order valence-corrected chi connectivity index (χ0v) is 11.0. The van der Waals surface area contributed by atoms with Crippen LogP contribution in [0.25, 0.3) is 0 Å². The Bertz CT molecular complexity index is 510. The van der Waals surface area contributed by atoms with Gasteiger partial charge in [-0.05, 0) is 31.2 Å². The van der Waals surface area contributed by atoms with Gasteiger partial charge in [-0.25, -0.2) is 0 Å². The molecule has 2 aromatic rings. The third-order valence-corrected chi connectivity index (χ3v) is 2.62. The van der Waals surface area contributed by atoms with Crippen LogP contribution in [0.1, 0.15) is 18.6 Å². The fraction of sp³-hybridized carbons (Fsp3) is 0.385. The summed E-state index contributed by atoms with van der Waals surface area (Å²) in [6, 6.07) is 7.13. The van der Waals surface area contributed by atoms with E-state index < -0.39 is 0 Å². The van der Waals surface area contributed by atoms with Gasteiger partial charge in [0.2, 0.25) is 0 Å². The van der Waals surface area contributed by atoms with Crippen molar-refractivity contribution in [1.82, 2.24) is 10.1 Å². The van der Waals surface area contributed by atoms with Gasteiger partial charge in [-0.1, -0.05) is 5.16 Å². The summed E-state index contributed by atoms with van der Waals surface area (Å²) >= 11 is 0. The molecule has 1 unspecified atom stereocenters. The summed E-state index contributed by atoms with van der Waals surface area (Å²) < 4.78 is 15.7. The molecule has 102 valence electrons. The van der Waals surface area contributed by atoms with E-state index in [0.717, 1.165) is 0 Å². The molecule has 0 amide bonds. The van der Waals surface area contributed by atoms with Gasteiger partial charge in [0.1, 0.15) is 5.75 Å². The number of rotatable bonds is 6. The number of benzene rings is 1. The van der Waals surface area contributed by atoms with Crippen LogP contribution >= 0.6 is 0 Å². The number of hydrogen-bond donors (Lipinski definition) is 1. The maximum atomic E-state index is 5.59. The number of hydrogen-bond acceptors (Lipinski definition) is 6. The smallest absolute Gasteiger partial charge is 0.264 e. The first-order chi connectivity index (χ1) is 9.17. The Morgan fingerprint density at radius 1 is 1.32 bits per heavy atom. The van der Waals surface area contributed by atoms with Gasteiger partial charge in [0, 0.05) is 19.2 Å². The van der Waals surface area contributed by atoms with E-state index >= 15 is 0 Å². The van der Waals surface area contributed by atoms with Gasteiger partial charge in [-0.15, -0.1) is 0 Å². The predicted molar refractivity (Wildman–Crippen MR) is 69.7 cm³/mol. The van der Waals surface area contributed by atoms with Crippen molar-refractivity contribution in [2.24, 2.45) is 0 Å². The highest BCUT2D eigenvalue weighted by atomic mass is 16.5. The molecule has 0 aliphatic carbocycles. The van der Waals surface area contributed by atoms with E-state index in [1.54, 1.807) is 31.4 Å². The third kappa shape index (κ3) is 3.96. The minimum atomic E-state index is 0.0588. The molecular formula is C13H17N3O3. The van der Waals surface area contributed by atoms with Crippen LogP contribution in [-0.4, -0.2) is 23.4 Å². The van der Waals surface area contributed by atoms with E-state index in [9.17, 15) is 0 Å². The standard InChI is InChI=1S/C13H17N3O3/c1-9(17-2)7-12-15-13(19-16-12)8-18-11-5-3-10(14)4-6-11/h3-6,9H,7-8,14H2,1-2H3. The second kappa shape index (κ2) is 6.19. The van der Waals surface area contributed by atoms with Crippen LogP contribution in [0.15, 0.2) is 28.8 Å². The number of nitrogens with zero attached hydrogens (tertiary/aromatic N) is 2. The van der Waals surface area contributed by atoms with Crippen LogP contribution in [0.2, 0.25) is 0 Å². The Balaban J connectivity index is 1.88. The number of aromatic nitrogens is 2. The molecule has 1 heterocycles. The molecule has 0 radical (unpaired) electrons. The summed E-state index contributed by atoms with van der Waals surface area (Å²) in [5.41, 5.74) is 6.28. The van der Waals surface area contributed by atoms with Gasteiger partial charge in [0.05, 0.1) is 6.10 Å². The van der Waals surface area contributed by atoms with Crippen LogP contribution < -0.4 is 10.5 Å². The Labute approximate surface area is 111 Å². The summed E-state index contributed by atoms with van der Waals surface area (Å²) in [5, 5.41) is 3.86. The fourth-order valence-electron chi connectivity index (χ4n) is 1.48. The van der Waals surface area contributed by atoms with Crippen molar-refractivity contribution < 1.29 is 14.0 Å². The molecule has 0 saturated heterocycles. The molecule has 0 fully saturated rings. The van der Waals surface area contributed by atoms with E-state index in [-0.39, 0.29) is 12.7 Å². The number of anilines is 1. The lowest BCUT2D eigenvalue weighted by Crippen LogP contribution is -2.09. The van der Waals surface area contributed by atoms with Gasteiger partial charge >= 0.3 is 0 Å². The van der Waals surface area contributed by atoms with Crippen LogP contribution in [-0.2, 0) is 17.8 Å². The molecule has 6 heteroatoms. The van der Waals surface area contributed by atoms with Crippen molar-refractivity contribution in [3.63, 3.8) is 0 Å². The van der Waals surface area contributed by atoms with Crippen LogP contribution in [0.4, 0.5) is 5.69 Å². The maximum absolute atomic E-state index is 5.59. The molecular weight excluding hydrogens is 246 g/mol. The molecule has 19 heavy (non-hydrogen) atoms. The second-order valence-corrected chi connectivity index (χ2v) is 4.21. The van der Waals surface area contributed by atoms with E-state index in [2.05, 4.69) is 10.1 Å². The van der Waals surface area contributed by atoms with Gasteiger partial charge in [0.25, 0.3) is 5.89 Å². The Morgan fingerprint density at radius 3 is 2.74 bits per heavy atom. The molecule has 0 aliphatic rings. The first-order valence-electron chi connectivity index (χ1n) is 6.00. The highest BCUT2D eigenvalue weighted by Gasteiger charge is 2.10. The summed E-state index contributed by atoms with van der Waals surface area (Å²) in [4.78, 5) is 4.22. The van der Waals surface area contributed by atoms with Crippen molar-refractivity contribution in [2.75, 3.05) is 12.8 Å². The fourth-order valence-corrected chi connectivity index (χ4v) is 1.48. The van der Waals surface area contributed by atoms with Gasteiger partial charge < -0.3 is 19.7 Å². The minimum Gasteiger partial charge on any atom is -0.484 e. The normalized spacial score (nSPS) is 12.3. The topological polar surface area (TPSA) is 83.4 Å². The van der Waals surface area contributed by atoms with E-state index in [0.29, 0.717) is 29.6 Å². The number of methoxy groups -OCH3 is 1. The number of ether oxygens (including phenoxy) is 2. The predicted octanol–water partition coefficient (Wildman–Crippen LogP) is 1.81.